The van der Waals surface area contributed by atoms with Crippen molar-refractivity contribution in [2.45, 2.75) is 18.9 Å². The zero-order valence-electron chi connectivity index (χ0n) is 7.29. The molecule has 70 valence electrons. The average molecular weight is 189 g/mol. The monoisotopic (exact) mass is 189 g/mol. The van der Waals surface area contributed by atoms with Gasteiger partial charge in [0, 0.05) is 11.8 Å². The lowest BCUT2D eigenvalue weighted by Gasteiger charge is -2.08. The predicted octanol–water partition coefficient (Wildman–Crippen LogP) is 0.630. The summed E-state index contributed by atoms with van der Waals surface area (Å²) in [4.78, 5) is 10.7. The number of hydrogen-bond acceptors (Lipinski definition) is 4. The number of esters is 1. The molecule has 1 unspecified atom stereocenters. The van der Waals surface area contributed by atoms with Crippen molar-refractivity contribution in [3.8, 4) is 0 Å². The summed E-state index contributed by atoms with van der Waals surface area (Å²) in [7, 11) is 1.41. The van der Waals surface area contributed by atoms with Crippen molar-refractivity contribution in [1.82, 2.24) is 0 Å². The van der Waals surface area contributed by atoms with E-state index in [9.17, 15) is 4.79 Å². The largest absolute Gasteiger partial charge is 0.468 e. The summed E-state index contributed by atoms with van der Waals surface area (Å²) >= 11 is 1.56. The first-order valence-corrected chi connectivity index (χ1v) is 5.29. The van der Waals surface area contributed by atoms with Crippen LogP contribution in [0.2, 0.25) is 0 Å². The molecule has 3 nitrogen and oxygen atoms in total. The normalized spacial score (nSPS) is 18.8. The highest BCUT2D eigenvalue weighted by Crippen LogP contribution is 2.32. The topological polar surface area (TPSA) is 52.3 Å². The Labute approximate surface area is 77.0 Å². The Morgan fingerprint density at radius 2 is 2.42 bits per heavy atom. The zero-order chi connectivity index (χ0) is 8.97. The lowest BCUT2D eigenvalue weighted by molar-refractivity contribution is -0.137. The van der Waals surface area contributed by atoms with E-state index in [0.717, 1.165) is 11.7 Å². The summed E-state index contributed by atoms with van der Waals surface area (Å²) in [5, 5.41) is 0. The summed E-state index contributed by atoms with van der Waals surface area (Å²) in [5.74, 6) is 1.86. The van der Waals surface area contributed by atoms with Gasteiger partial charge in [0.25, 0.3) is 0 Å². The van der Waals surface area contributed by atoms with Crippen molar-refractivity contribution in [1.29, 1.82) is 0 Å². The second kappa shape index (κ2) is 4.72. The van der Waals surface area contributed by atoms with Gasteiger partial charge in [-0.3, -0.25) is 4.79 Å². The molecule has 0 aliphatic heterocycles. The van der Waals surface area contributed by atoms with Gasteiger partial charge in [-0.15, -0.1) is 11.8 Å². The molecule has 0 spiro atoms. The predicted molar refractivity (Wildman–Crippen MR) is 50.0 cm³/mol. The number of rotatable bonds is 5. The Balaban J connectivity index is 1.97. The summed E-state index contributed by atoms with van der Waals surface area (Å²) in [6, 6.07) is 0.277. The van der Waals surface area contributed by atoms with Crippen LogP contribution in [0, 0.1) is 5.92 Å². The molecule has 1 saturated carbocycles. The first kappa shape index (κ1) is 9.86. The lowest BCUT2D eigenvalue weighted by atomic mass is 10.2. The van der Waals surface area contributed by atoms with Gasteiger partial charge in [0.15, 0.2) is 0 Å². The maximum absolute atomic E-state index is 10.7. The van der Waals surface area contributed by atoms with E-state index in [4.69, 9.17) is 5.73 Å². The van der Waals surface area contributed by atoms with E-state index in [-0.39, 0.29) is 12.0 Å². The number of methoxy groups -OCH3 is 1. The van der Waals surface area contributed by atoms with Gasteiger partial charge in [-0.2, -0.15) is 0 Å². The highest BCUT2D eigenvalue weighted by Gasteiger charge is 2.28. The van der Waals surface area contributed by atoms with Crippen LogP contribution in [0.3, 0.4) is 0 Å². The highest BCUT2D eigenvalue weighted by atomic mass is 32.2. The van der Waals surface area contributed by atoms with E-state index >= 15 is 0 Å². The summed E-state index contributed by atoms with van der Waals surface area (Å²) < 4.78 is 4.51. The van der Waals surface area contributed by atoms with Gasteiger partial charge >= 0.3 is 5.97 Å². The Hall–Kier alpha value is -0.220. The van der Waals surface area contributed by atoms with Crippen LogP contribution in [0.25, 0.3) is 0 Å². The molecule has 1 atom stereocenters. The molecule has 0 amide bonds. The molecule has 2 N–H and O–H groups in total. The average Bonchev–Trinajstić information content (AvgIpc) is 2.86. The summed E-state index contributed by atoms with van der Waals surface area (Å²) in [5.41, 5.74) is 5.83. The van der Waals surface area contributed by atoms with Crippen LogP contribution in [0.15, 0.2) is 0 Å². The van der Waals surface area contributed by atoms with Gasteiger partial charge in [0.2, 0.25) is 0 Å². The van der Waals surface area contributed by atoms with E-state index in [0.29, 0.717) is 5.75 Å². The number of carbonyl (C=O) groups is 1. The van der Waals surface area contributed by atoms with Crippen molar-refractivity contribution in [2.75, 3.05) is 18.6 Å². The van der Waals surface area contributed by atoms with Crippen LogP contribution < -0.4 is 5.73 Å². The fourth-order valence-corrected chi connectivity index (χ4v) is 1.94. The van der Waals surface area contributed by atoms with Crippen LogP contribution in [0.1, 0.15) is 12.8 Å². The van der Waals surface area contributed by atoms with Crippen LogP contribution in [0.4, 0.5) is 0 Å². The van der Waals surface area contributed by atoms with Crippen molar-refractivity contribution in [3.05, 3.63) is 0 Å². The number of nitrogens with two attached hydrogens (primary N) is 1. The summed E-state index contributed by atoms with van der Waals surface area (Å²) in [6.07, 6.45) is 2.53. The number of carbonyl (C=O) groups excluding carboxylic acids is 1. The van der Waals surface area contributed by atoms with Gasteiger partial charge in [-0.25, -0.2) is 0 Å². The van der Waals surface area contributed by atoms with E-state index in [1.807, 2.05) is 0 Å². The third kappa shape index (κ3) is 3.45. The van der Waals surface area contributed by atoms with Gasteiger partial charge < -0.3 is 10.5 Å². The van der Waals surface area contributed by atoms with Crippen molar-refractivity contribution in [2.24, 2.45) is 11.7 Å². The minimum Gasteiger partial charge on any atom is -0.468 e. The Bertz CT molecular complexity index is 159. The molecule has 0 radical (unpaired) electrons. The smallest absolute Gasteiger partial charge is 0.315 e. The first-order valence-electron chi connectivity index (χ1n) is 4.14. The Morgan fingerprint density at radius 3 is 2.92 bits per heavy atom. The molecule has 0 heterocycles. The standard InChI is InChI=1S/C8H15NO2S/c1-11-8(10)5-12-4-7(9)6-2-3-6/h6-7H,2-5,9H2,1H3. The van der Waals surface area contributed by atoms with Crippen LogP contribution >= 0.6 is 11.8 Å². The molecule has 1 aliphatic rings. The fourth-order valence-electron chi connectivity index (χ4n) is 0.998. The van der Waals surface area contributed by atoms with Gasteiger partial charge in [-0.1, -0.05) is 0 Å². The van der Waals surface area contributed by atoms with Gasteiger partial charge in [0.1, 0.15) is 0 Å². The lowest BCUT2D eigenvalue weighted by Crippen LogP contribution is -2.25. The number of thioether (sulfide) groups is 1. The first-order chi connectivity index (χ1) is 5.74. The molecule has 0 bridgehead atoms. The Morgan fingerprint density at radius 1 is 1.75 bits per heavy atom. The molecule has 0 aromatic heterocycles. The molecule has 4 heteroatoms. The van der Waals surface area contributed by atoms with Crippen molar-refractivity contribution >= 4 is 17.7 Å². The maximum Gasteiger partial charge on any atom is 0.315 e. The van der Waals surface area contributed by atoms with Crippen LogP contribution in [-0.2, 0) is 9.53 Å². The molecular weight excluding hydrogens is 174 g/mol. The van der Waals surface area contributed by atoms with Crippen molar-refractivity contribution in [3.63, 3.8) is 0 Å². The molecule has 1 rings (SSSR count). The minimum atomic E-state index is -0.164. The third-order valence-corrected chi connectivity index (χ3v) is 3.05. The van der Waals surface area contributed by atoms with Gasteiger partial charge in [0.05, 0.1) is 12.9 Å². The molecule has 0 saturated heterocycles. The SMILES string of the molecule is COC(=O)CSCC(N)C1CC1. The van der Waals surface area contributed by atoms with E-state index in [1.165, 1.54) is 20.0 Å². The number of ether oxygens (including phenoxy) is 1. The fraction of sp³-hybridized carbons (Fsp3) is 0.875. The van der Waals surface area contributed by atoms with Crippen molar-refractivity contribution < 1.29 is 9.53 Å². The summed E-state index contributed by atoms with van der Waals surface area (Å²) in [6.45, 7) is 0. The van der Waals surface area contributed by atoms with Gasteiger partial charge in [-0.05, 0) is 18.8 Å². The maximum atomic E-state index is 10.7. The zero-order valence-corrected chi connectivity index (χ0v) is 8.10. The highest BCUT2D eigenvalue weighted by molar-refractivity contribution is 7.99. The molecule has 1 aliphatic carbocycles. The molecule has 1 fully saturated rings. The quantitative estimate of drug-likeness (QED) is 0.644. The van der Waals surface area contributed by atoms with E-state index < -0.39 is 0 Å². The second-order valence-corrected chi connectivity index (χ2v) is 4.12. The Kier molecular flexibility index (Phi) is 3.88. The number of hydrogen-bond donors (Lipinski definition) is 1. The minimum absolute atomic E-state index is 0.164. The third-order valence-electron chi connectivity index (χ3n) is 1.99. The molecule has 0 aromatic rings. The van der Waals surface area contributed by atoms with E-state index in [2.05, 4.69) is 4.74 Å². The molecule has 0 aromatic carbocycles. The second-order valence-electron chi connectivity index (χ2n) is 3.09. The molecule has 12 heavy (non-hydrogen) atoms. The molecular formula is C8H15NO2S. The van der Waals surface area contributed by atoms with Crippen LogP contribution in [0.5, 0.6) is 0 Å². The van der Waals surface area contributed by atoms with Crippen LogP contribution in [-0.4, -0.2) is 30.6 Å². The van der Waals surface area contributed by atoms with E-state index in [1.54, 1.807) is 11.8 Å².